The summed E-state index contributed by atoms with van der Waals surface area (Å²) in [7, 11) is 0. The van der Waals surface area contributed by atoms with E-state index < -0.39 is 53.7 Å². The second-order valence-corrected chi connectivity index (χ2v) is 12.3. The van der Waals surface area contributed by atoms with Gasteiger partial charge in [0, 0.05) is 25.3 Å². The topological polar surface area (TPSA) is 168 Å². The Morgan fingerprint density at radius 3 is 2.02 bits per heavy atom. The third-order valence-electron chi connectivity index (χ3n) is 8.89. The molecule has 0 spiro atoms. The number of hydrogen-bond acceptors (Lipinski definition) is 6. The number of carbonyl (C=O) groups is 4. The van der Waals surface area contributed by atoms with Crippen molar-refractivity contribution in [3.63, 3.8) is 0 Å². The zero-order valence-electron chi connectivity index (χ0n) is 26.8. The van der Waals surface area contributed by atoms with Crippen molar-refractivity contribution in [2.45, 2.75) is 62.8 Å². The average molecular weight is 648 g/mol. The van der Waals surface area contributed by atoms with Gasteiger partial charge < -0.3 is 32.1 Å². The van der Waals surface area contributed by atoms with Crippen LogP contribution in [0.25, 0.3) is 0 Å². The molecular weight excluding hydrogens is 606 g/mol. The fourth-order valence-electron chi connectivity index (χ4n) is 6.13. The summed E-state index contributed by atoms with van der Waals surface area (Å²) in [5.41, 5.74) is 16.4. The summed E-state index contributed by atoms with van der Waals surface area (Å²) in [6, 6.07) is 28.5. The number of nitrogens with one attached hydrogen (secondary N) is 2. The lowest BCUT2D eigenvalue weighted by molar-refractivity contribution is -0.143. The van der Waals surface area contributed by atoms with E-state index in [1.54, 1.807) is 12.1 Å². The molecule has 1 heterocycles. The SMILES string of the molecule is C[C@@H](c1ccccc1)[C@H](NC(=O)[C@@H]1Cc2ccccc2CN1C(=O)[C@@H](N)Cc1ccc(O)cc1)C(=O)N[C@@H](Cc1ccccc1)C(N)=O. The molecule has 5 atom stereocenters. The zero-order chi connectivity index (χ0) is 34.2. The van der Waals surface area contributed by atoms with Gasteiger partial charge in [-0.25, -0.2) is 0 Å². The van der Waals surface area contributed by atoms with Crippen molar-refractivity contribution in [2.24, 2.45) is 11.5 Å². The molecule has 10 heteroatoms. The van der Waals surface area contributed by atoms with Crippen molar-refractivity contribution in [1.82, 2.24) is 15.5 Å². The van der Waals surface area contributed by atoms with Gasteiger partial charge >= 0.3 is 0 Å². The Morgan fingerprint density at radius 2 is 1.38 bits per heavy atom. The van der Waals surface area contributed by atoms with Gasteiger partial charge in [0.25, 0.3) is 0 Å². The van der Waals surface area contributed by atoms with Gasteiger partial charge in [-0.15, -0.1) is 0 Å². The van der Waals surface area contributed by atoms with E-state index in [4.69, 9.17) is 11.5 Å². The van der Waals surface area contributed by atoms with Crippen LogP contribution in [0.2, 0.25) is 0 Å². The maximum Gasteiger partial charge on any atom is 0.243 e. The van der Waals surface area contributed by atoms with Gasteiger partial charge in [0.05, 0.1) is 6.04 Å². The lowest BCUT2D eigenvalue weighted by atomic mass is 9.90. The first-order valence-corrected chi connectivity index (χ1v) is 16.0. The number of phenolic OH excluding ortho intramolecular Hbond substituents is 1. The number of primary amides is 1. The van der Waals surface area contributed by atoms with E-state index in [0.29, 0.717) is 0 Å². The largest absolute Gasteiger partial charge is 0.508 e. The molecule has 4 amide bonds. The summed E-state index contributed by atoms with van der Waals surface area (Å²) < 4.78 is 0. The molecule has 0 radical (unpaired) electrons. The fourth-order valence-corrected chi connectivity index (χ4v) is 6.13. The second-order valence-electron chi connectivity index (χ2n) is 12.3. The van der Waals surface area contributed by atoms with Crippen LogP contribution in [-0.2, 0) is 45.0 Å². The van der Waals surface area contributed by atoms with E-state index in [1.807, 2.05) is 91.9 Å². The maximum absolute atomic E-state index is 14.3. The molecule has 248 valence electrons. The van der Waals surface area contributed by atoms with Crippen LogP contribution in [-0.4, -0.2) is 57.8 Å². The van der Waals surface area contributed by atoms with Crippen LogP contribution in [0, 0.1) is 0 Å². The van der Waals surface area contributed by atoms with E-state index in [-0.39, 0.29) is 31.6 Å². The minimum Gasteiger partial charge on any atom is -0.508 e. The summed E-state index contributed by atoms with van der Waals surface area (Å²) in [4.78, 5) is 56.1. The number of hydrogen-bond donors (Lipinski definition) is 5. The highest BCUT2D eigenvalue weighted by Gasteiger charge is 2.39. The molecule has 5 rings (SSSR count). The van der Waals surface area contributed by atoms with Crippen molar-refractivity contribution in [3.05, 3.63) is 137 Å². The highest BCUT2D eigenvalue weighted by molar-refractivity contribution is 5.95. The normalized spacial score (nSPS) is 16.5. The van der Waals surface area contributed by atoms with Gasteiger partial charge in [-0.05, 0) is 46.4 Å². The van der Waals surface area contributed by atoms with Gasteiger partial charge in [-0.1, -0.05) is 104 Å². The quantitative estimate of drug-likeness (QED) is 0.159. The van der Waals surface area contributed by atoms with Crippen LogP contribution in [0.3, 0.4) is 0 Å². The van der Waals surface area contributed by atoms with E-state index in [1.165, 1.54) is 17.0 Å². The molecular formula is C38H41N5O5. The van der Waals surface area contributed by atoms with Crippen molar-refractivity contribution in [3.8, 4) is 5.75 Å². The van der Waals surface area contributed by atoms with Crippen LogP contribution in [0.5, 0.6) is 5.75 Å². The second kappa shape index (κ2) is 15.4. The predicted octanol–water partition coefficient (Wildman–Crippen LogP) is 2.72. The molecule has 1 aliphatic heterocycles. The molecule has 48 heavy (non-hydrogen) atoms. The monoisotopic (exact) mass is 647 g/mol. The number of aromatic hydroxyl groups is 1. The lowest BCUT2D eigenvalue weighted by Gasteiger charge is -2.38. The molecule has 4 aromatic carbocycles. The molecule has 4 aromatic rings. The van der Waals surface area contributed by atoms with Crippen molar-refractivity contribution in [1.29, 1.82) is 0 Å². The predicted molar refractivity (Wildman–Crippen MR) is 182 cm³/mol. The Kier molecular flexibility index (Phi) is 10.9. The Morgan fingerprint density at radius 1 is 0.792 bits per heavy atom. The number of benzene rings is 4. The molecule has 0 bridgehead atoms. The van der Waals surface area contributed by atoms with Crippen LogP contribution in [0.15, 0.2) is 109 Å². The summed E-state index contributed by atoms with van der Waals surface area (Å²) in [5.74, 6) is -2.60. The molecule has 1 aliphatic rings. The maximum atomic E-state index is 14.3. The Hall–Kier alpha value is -5.48. The third kappa shape index (κ3) is 8.26. The highest BCUT2D eigenvalue weighted by Crippen LogP contribution is 2.26. The summed E-state index contributed by atoms with van der Waals surface area (Å²) in [6.07, 6.45) is 0.617. The number of nitrogens with zero attached hydrogens (tertiary/aromatic N) is 1. The zero-order valence-corrected chi connectivity index (χ0v) is 26.8. The van der Waals surface area contributed by atoms with Crippen LogP contribution >= 0.6 is 0 Å². The Labute approximate surface area is 280 Å². The molecule has 7 N–H and O–H groups in total. The minimum atomic E-state index is -1.10. The van der Waals surface area contributed by atoms with E-state index >= 15 is 0 Å². The number of amides is 4. The van der Waals surface area contributed by atoms with Crippen LogP contribution < -0.4 is 22.1 Å². The first-order chi connectivity index (χ1) is 23.1. The summed E-state index contributed by atoms with van der Waals surface area (Å²) in [5, 5.41) is 15.4. The lowest BCUT2D eigenvalue weighted by Crippen LogP contribution is -2.61. The van der Waals surface area contributed by atoms with Gasteiger partial charge in [0.1, 0.15) is 23.9 Å². The smallest absolute Gasteiger partial charge is 0.243 e. The first-order valence-electron chi connectivity index (χ1n) is 16.0. The van der Waals surface area contributed by atoms with Crippen molar-refractivity contribution < 1.29 is 24.3 Å². The Balaban J connectivity index is 1.41. The molecule has 10 nitrogen and oxygen atoms in total. The van der Waals surface area contributed by atoms with Crippen LogP contribution in [0.1, 0.15) is 40.7 Å². The van der Waals surface area contributed by atoms with Gasteiger partial charge in [-0.3, -0.25) is 19.2 Å². The van der Waals surface area contributed by atoms with E-state index in [9.17, 15) is 24.3 Å². The number of phenols is 1. The van der Waals surface area contributed by atoms with Gasteiger partial charge in [-0.2, -0.15) is 0 Å². The van der Waals surface area contributed by atoms with Crippen molar-refractivity contribution in [2.75, 3.05) is 0 Å². The van der Waals surface area contributed by atoms with Gasteiger partial charge in [0.15, 0.2) is 0 Å². The number of carbonyl (C=O) groups excluding carboxylic acids is 4. The van der Waals surface area contributed by atoms with E-state index in [0.717, 1.165) is 27.8 Å². The van der Waals surface area contributed by atoms with Crippen LogP contribution in [0.4, 0.5) is 0 Å². The number of rotatable bonds is 12. The highest BCUT2D eigenvalue weighted by atomic mass is 16.3. The molecule has 0 saturated heterocycles. The van der Waals surface area contributed by atoms with Gasteiger partial charge in [0.2, 0.25) is 23.6 Å². The molecule has 0 saturated carbocycles. The minimum absolute atomic E-state index is 0.105. The Bertz CT molecular complexity index is 1730. The number of fused-ring (bicyclic) bond motifs is 1. The van der Waals surface area contributed by atoms with E-state index in [2.05, 4.69) is 10.6 Å². The average Bonchev–Trinajstić information content (AvgIpc) is 3.10. The first kappa shape index (κ1) is 33.9. The summed E-state index contributed by atoms with van der Waals surface area (Å²) in [6.45, 7) is 1.99. The fraction of sp³-hybridized carbons (Fsp3) is 0.263. The van der Waals surface area contributed by atoms with Crippen molar-refractivity contribution >= 4 is 23.6 Å². The number of nitrogens with two attached hydrogens (primary N) is 2. The molecule has 0 fully saturated rings. The third-order valence-corrected chi connectivity index (χ3v) is 8.89. The molecule has 0 unspecified atom stereocenters. The summed E-state index contributed by atoms with van der Waals surface area (Å²) >= 11 is 0. The molecule has 0 aliphatic carbocycles. The standard InChI is InChI=1S/C38H41N5O5/c1-24(27-12-6-3-7-13-27)34(37(47)41-32(35(40)45)21-25-10-4-2-5-11-25)42-36(46)33-22-28-14-8-9-15-29(28)23-43(33)38(48)31(39)20-26-16-18-30(44)19-17-26/h2-19,24,31-34,44H,20-23,39H2,1H3,(H2,40,45)(H,41,47)(H,42,46)/t24-,31-,32-,33-,34-/m0/s1. The molecule has 0 aromatic heterocycles.